The Balaban J connectivity index is 1.55. The van der Waals surface area contributed by atoms with Crippen LogP contribution >= 0.6 is 0 Å². The van der Waals surface area contributed by atoms with Crippen LogP contribution in [0, 0.1) is 17.8 Å². The second-order valence-corrected chi connectivity index (χ2v) is 7.71. The van der Waals surface area contributed by atoms with Crippen LogP contribution in [-0.4, -0.2) is 29.3 Å². The van der Waals surface area contributed by atoms with E-state index >= 15 is 0 Å². The van der Waals surface area contributed by atoms with Gasteiger partial charge in [0.1, 0.15) is 6.29 Å². The monoisotopic (exact) mass is 308 g/mol. The molecular formula is C20H24N2O. The van der Waals surface area contributed by atoms with Crippen LogP contribution < -0.4 is 0 Å². The number of hydrogen-bond donors (Lipinski definition) is 1. The lowest BCUT2D eigenvalue weighted by molar-refractivity contribution is -0.116. The van der Waals surface area contributed by atoms with E-state index in [1.54, 1.807) is 0 Å². The predicted molar refractivity (Wildman–Crippen MR) is 91.3 cm³/mol. The molecule has 120 valence electrons. The van der Waals surface area contributed by atoms with Gasteiger partial charge in [0.25, 0.3) is 0 Å². The fraction of sp³-hybridized carbons (Fsp3) is 0.550. The number of aromatic nitrogens is 1. The summed E-state index contributed by atoms with van der Waals surface area (Å²) < 4.78 is 0. The van der Waals surface area contributed by atoms with E-state index in [0.717, 1.165) is 25.2 Å². The van der Waals surface area contributed by atoms with Gasteiger partial charge in [-0.1, -0.05) is 24.6 Å². The first-order valence-electron chi connectivity index (χ1n) is 9.14. The van der Waals surface area contributed by atoms with Crippen molar-refractivity contribution in [1.82, 2.24) is 9.88 Å². The van der Waals surface area contributed by atoms with Crippen LogP contribution in [-0.2, 0) is 11.2 Å². The molecule has 2 aliphatic heterocycles. The highest BCUT2D eigenvalue weighted by Crippen LogP contribution is 2.48. The first kappa shape index (κ1) is 13.8. The third-order valence-electron chi connectivity index (χ3n) is 6.68. The second-order valence-electron chi connectivity index (χ2n) is 7.71. The van der Waals surface area contributed by atoms with Crippen LogP contribution in [0.3, 0.4) is 0 Å². The van der Waals surface area contributed by atoms with Crippen molar-refractivity contribution in [2.24, 2.45) is 17.8 Å². The average Bonchev–Trinajstić information content (AvgIpc) is 2.98. The lowest BCUT2D eigenvalue weighted by Gasteiger charge is -2.49. The molecule has 1 aromatic heterocycles. The number of carbonyl (C=O) groups is 1. The molecule has 0 bridgehead atoms. The van der Waals surface area contributed by atoms with Gasteiger partial charge in [0.15, 0.2) is 0 Å². The SMILES string of the molecule is O=C[C@H]1CCC[C@H]2CN3CCc4c([nH]c5ccccc45)[C@@H]3C[C@@H]21. The molecule has 3 heteroatoms. The fourth-order valence-electron chi connectivity index (χ4n) is 5.57. The number of benzene rings is 1. The number of rotatable bonds is 1. The molecule has 0 radical (unpaired) electrons. The maximum atomic E-state index is 11.5. The minimum atomic E-state index is 0.297. The molecule has 1 aliphatic carbocycles. The van der Waals surface area contributed by atoms with Crippen LogP contribution in [0.15, 0.2) is 24.3 Å². The van der Waals surface area contributed by atoms with Gasteiger partial charge in [-0.2, -0.15) is 0 Å². The van der Waals surface area contributed by atoms with E-state index < -0.39 is 0 Å². The number of piperidine rings is 1. The van der Waals surface area contributed by atoms with E-state index in [0.29, 0.717) is 17.9 Å². The van der Waals surface area contributed by atoms with Gasteiger partial charge in [0, 0.05) is 35.6 Å². The van der Waals surface area contributed by atoms with Gasteiger partial charge in [-0.05, 0) is 49.1 Å². The third kappa shape index (κ3) is 2.02. The minimum absolute atomic E-state index is 0.297. The van der Waals surface area contributed by atoms with Crippen molar-refractivity contribution in [1.29, 1.82) is 0 Å². The minimum Gasteiger partial charge on any atom is -0.357 e. The number of aldehydes is 1. The highest BCUT2D eigenvalue weighted by Gasteiger charge is 2.43. The lowest BCUT2D eigenvalue weighted by Crippen LogP contribution is -2.49. The summed E-state index contributed by atoms with van der Waals surface area (Å²) in [5, 5.41) is 1.40. The van der Waals surface area contributed by atoms with Crippen LogP contribution in [0.4, 0.5) is 0 Å². The van der Waals surface area contributed by atoms with Crippen molar-refractivity contribution in [2.75, 3.05) is 13.1 Å². The molecule has 3 aliphatic rings. The summed E-state index contributed by atoms with van der Waals surface area (Å²) in [7, 11) is 0. The molecule has 2 fully saturated rings. The van der Waals surface area contributed by atoms with Gasteiger partial charge in [-0.3, -0.25) is 4.90 Å². The largest absolute Gasteiger partial charge is 0.357 e. The molecule has 2 aromatic rings. The number of nitrogens with zero attached hydrogens (tertiary/aromatic N) is 1. The highest BCUT2D eigenvalue weighted by atomic mass is 16.1. The quantitative estimate of drug-likeness (QED) is 0.815. The number of carbonyl (C=O) groups excluding carboxylic acids is 1. The molecule has 0 spiro atoms. The molecule has 1 saturated carbocycles. The van der Waals surface area contributed by atoms with E-state index in [1.807, 2.05) is 0 Å². The maximum Gasteiger partial charge on any atom is 0.123 e. The summed E-state index contributed by atoms with van der Waals surface area (Å²) in [4.78, 5) is 17.9. The van der Waals surface area contributed by atoms with Crippen molar-refractivity contribution in [3.8, 4) is 0 Å². The molecule has 4 atom stereocenters. The van der Waals surface area contributed by atoms with Crippen LogP contribution in [0.5, 0.6) is 0 Å². The number of para-hydroxylation sites is 1. The zero-order valence-corrected chi connectivity index (χ0v) is 13.5. The zero-order valence-electron chi connectivity index (χ0n) is 13.5. The molecule has 23 heavy (non-hydrogen) atoms. The number of nitrogens with one attached hydrogen (secondary N) is 1. The molecule has 1 N–H and O–H groups in total. The average molecular weight is 308 g/mol. The number of fused-ring (bicyclic) bond motifs is 6. The number of H-pyrrole nitrogens is 1. The van der Waals surface area contributed by atoms with Crippen LogP contribution in [0.2, 0.25) is 0 Å². The third-order valence-corrected chi connectivity index (χ3v) is 6.68. The molecular weight excluding hydrogens is 284 g/mol. The van der Waals surface area contributed by atoms with Gasteiger partial charge in [-0.25, -0.2) is 0 Å². The second kappa shape index (κ2) is 5.20. The first-order valence-corrected chi connectivity index (χ1v) is 9.14. The first-order chi connectivity index (χ1) is 11.3. The predicted octanol–water partition coefficient (Wildman–Crippen LogP) is 3.70. The Morgan fingerprint density at radius 1 is 1.22 bits per heavy atom. The van der Waals surface area contributed by atoms with E-state index in [2.05, 4.69) is 34.1 Å². The van der Waals surface area contributed by atoms with E-state index in [-0.39, 0.29) is 0 Å². The van der Waals surface area contributed by atoms with Crippen LogP contribution in [0.25, 0.3) is 10.9 Å². The topological polar surface area (TPSA) is 36.1 Å². The van der Waals surface area contributed by atoms with Gasteiger partial charge < -0.3 is 9.78 Å². The molecule has 0 amide bonds. The Hall–Kier alpha value is -1.61. The number of aromatic amines is 1. The Kier molecular flexibility index (Phi) is 3.12. The van der Waals surface area contributed by atoms with Gasteiger partial charge >= 0.3 is 0 Å². The van der Waals surface area contributed by atoms with Crippen molar-refractivity contribution in [2.45, 2.75) is 38.1 Å². The van der Waals surface area contributed by atoms with Crippen molar-refractivity contribution >= 4 is 17.2 Å². The van der Waals surface area contributed by atoms with E-state index in [9.17, 15) is 4.79 Å². The smallest absolute Gasteiger partial charge is 0.123 e. The Labute approximate surface area is 137 Å². The van der Waals surface area contributed by atoms with Crippen molar-refractivity contribution < 1.29 is 4.79 Å². The van der Waals surface area contributed by atoms with Crippen molar-refractivity contribution in [3.63, 3.8) is 0 Å². The molecule has 1 aromatic carbocycles. The summed E-state index contributed by atoms with van der Waals surface area (Å²) in [6, 6.07) is 9.19. The molecule has 1 saturated heterocycles. The maximum absolute atomic E-state index is 11.5. The fourth-order valence-corrected chi connectivity index (χ4v) is 5.57. The summed E-state index contributed by atoms with van der Waals surface area (Å²) in [6.07, 6.45) is 7.23. The lowest BCUT2D eigenvalue weighted by atomic mass is 9.66. The van der Waals surface area contributed by atoms with Crippen molar-refractivity contribution in [3.05, 3.63) is 35.5 Å². The van der Waals surface area contributed by atoms with Gasteiger partial charge in [0.2, 0.25) is 0 Å². The summed E-state index contributed by atoms with van der Waals surface area (Å²) in [6.45, 7) is 2.36. The van der Waals surface area contributed by atoms with Gasteiger partial charge in [0.05, 0.1) is 6.04 Å². The van der Waals surface area contributed by atoms with Crippen LogP contribution in [0.1, 0.15) is 43.0 Å². The Morgan fingerprint density at radius 2 is 2.13 bits per heavy atom. The molecule has 3 heterocycles. The normalized spacial score (nSPS) is 33.7. The standard InChI is InChI=1S/C20H24N2O/c23-12-14-5-3-4-13-11-22-9-8-16-15-6-1-2-7-18(15)21-20(16)19(22)10-17(13)14/h1-2,6-7,12-14,17,19,21H,3-5,8-11H2/t13-,14+,17-,19-/m0/s1. The Bertz CT molecular complexity index is 749. The van der Waals surface area contributed by atoms with E-state index in [1.165, 1.54) is 54.4 Å². The van der Waals surface area contributed by atoms with E-state index in [4.69, 9.17) is 0 Å². The Morgan fingerprint density at radius 3 is 3.04 bits per heavy atom. The molecule has 0 unspecified atom stereocenters. The zero-order chi connectivity index (χ0) is 15.4. The summed E-state index contributed by atoms with van der Waals surface area (Å²) in [5.41, 5.74) is 4.24. The number of hydrogen-bond acceptors (Lipinski definition) is 2. The molecule has 3 nitrogen and oxygen atoms in total. The summed E-state index contributed by atoms with van der Waals surface area (Å²) in [5.74, 6) is 1.63. The summed E-state index contributed by atoms with van der Waals surface area (Å²) >= 11 is 0. The highest BCUT2D eigenvalue weighted by molar-refractivity contribution is 5.85. The molecule has 5 rings (SSSR count). The van der Waals surface area contributed by atoms with Gasteiger partial charge in [-0.15, -0.1) is 0 Å².